The SMILES string of the molecule is C=CCC(C)C(CCOC)S(=O)(=O)NC(=O)c1ccc2c(n1)N(C[C@@H]1CC[C@H]1C(=O)C=C)C[C@@]1(CCCc3cc(Cl)ccc31)CO2. The molecule has 1 aliphatic heterocycles. The van der Waals surface area contributed by atoms with Crippen molar-refractivity contribution < 1.29 is 27.5 Å². The number of anilines is 1. The minimum atomic E-state index is -4.07. The number of aryl methyl sites for hydroxylation is 1. The fraction of sp³-hybridized carbons (Fsp3) is 0.514. The Bertz CT molecular complexity index is 1600. The van der Waals surface area contributed by atoms with Crippen molar-refractivity contribution in [1.29, 1.82) is 0 Å². The van der Waals surface area contributed by atoms with Gasteiger partial charge in [-0.05, 0) is 98.2 Å². The first-order chi connectivity index (χ1) is 22.0. The zero-order valence-corrected chi connectivity index (χ0v) is 28.2. The normalized spacial score (nSPS) is 23.5. The Morgan fingerprint density at radius 2 is 2.07 bits per heavy atom. The molecule has 5 rings (SSSR count). The lowest BCUT2D eigenvalue weighted by atomic mass is 9.69. The molecule has 1 saturated carbocycles. The maximum atomic E-state index is 13.5. The van der Waals surface area contributed by atoms with E-state index in [0.29, 0.717) is 42.7 Å². The number of ether oxygens (including phenoxy) is 2. The molecule has 1 spiro atoms. The fourth-order valence-electron chi connectivity index (χ4n) is 7.35. The Balaban J connectivity index is 1.48. The molecule has 5 atom stereocenters. The first kappa shape index (κ1) is 34.1. The zero-order valence-electron chi connectivity index (χ0n) is 26.7. The summed E-state index contributed by atoms with van der Waals surface area (Å²) in [5.74, 6) is -0.0894. The molecule has 2 aliphatic carbocycles. The van der Waals surface area contributed by atoms with E-state index in [0.717, 1.165) is 32.1 Å². The third kappa shape index (κ3) is 7.04. The second kappa shape index (κ2) is 14.3. The summed E-state index contributed by atoms with van der Waals surface area (Å²) in [6, 6.07) is 9.22. The largest absolute Gasteiger partial charge is 0.489 e. The van der Waals surface area contributed by atoms with Crippen molar-refractivity contribution in [2.24, 2.45) is 17.8 Å². The molecule has 1 aromatic carbocycles. The van der Waals surface area contributed by atoms with Gasteiger partial charge >= 0.3 is 0 Å². The Labute approximate surface area is 277 Å². The number of carbonyl (C=O) groups is 2. The molecule has 11 heteroatoms. The number of sulfonamides is 1. The summed E-state index contributed by atoms with van der Waals surface area (Å²) in [6.07, 6.45) is 8.26. The average Bonchev–Trinajstić information content (AvgIpc) is 3.16. The number of hydrogen-bond donors (Lipinski definition) is 1. The number of carbonyl (C=O) groups excluding carboxylic acids is 2. The lowest BCUT2D eigenvalue weighted by Gasteiger charge is -2.43. The van der Waals surface area contributed by atoms with Gasteiger partial charge in [0.05, 0.1) is 11.9 Å². The number of fused-ring (bicyclic) bond motifs is 3. The molecule has 3 aliphatic rings. The van der Waals surface area contributed by atoms with Crippen molar-refractivity contribution in [3.63, 3.8) is 0 Å². The van der Waals surface area contributed by atoms with E-state index in [9.17, 15) is 18.0 Å². The van der Waals surface area contributed by atoms with Crippen LogP contribution in [0.2, 0.25) is 5.02 Å². The predicted octanol–water partition coefficient (Wildman–Crippen LogP) is 5.67. The molecule has 0 bridgehead atoms. The van der Waals surface area contributed by atoms with E-state index >= 15 is 0 Å². The van der Waals surface area contributed by atoms with Gasteiger partial charge in [-0.25, -0.2) is 18.1 Å². The fourth-order valence-corrected chi connectivity index (χ4v) is 9.19. The molecule has 2 heterocycles. The number of nitrogens with zero attached hydrogens (tertiary/aromatic N) is 2. The molecule has 2 aromatic rings. The summed E-state index contributed by atoms with van der Waals surface area (Å²) < 4.78 is 40.9. The summed E-state index contributed by atoms with van der Waals surface area (Å²) in [7, 11) is -2.56. The molecule has 248 valence electrons. The first-order valence-electron chi connectivity index (χ1n) is 16.0. The summed E-state index contributed by atoms with van der Waals surface area (Å²) in [6.45, 7) is 11.0. The molecule has 1 N–H and O–H groups in total. The highest BCUT2D eigenvalue weighted by molar-refractivity contribution is 7.90. The number of ketones is 1. The maximum absolute atomic E-state index is 13.5. The van der Waals surface area contributed by atoms with E-state index < -0.39 is 21.2 Å². The van der Waals surface area contributed by atoms with E-state index in [2.05, 4.69) is 28.8 Å². The first-order valence-corrected chi connectivity index (χ1v) is 17.9. The van der Waals surface area contributed by atoms with Crippen LogP contribution in [-0.4, -0.2) is 63.8 Å². The minimum Gasteiger partial charge on any atom is -0.489 e. The van der Waals surface area contributed by atoms with Gasteiger partial charge in [-0.15, -0.1) is 6.58 Å². The Morgan fingerprint density at radius 3 is 2.76 bits per heavy atom. The Kier molecular flexibility index (Phi) is 10.6. The van der Waals surface area contributed by atoms with Gasteiger partial charge in [0, 0.05) is 43.2 Å². The van der Waals surface area contributed by atoms with Gasteiger partial charge in [0.25, 0.3) is 5.91 Å². The molecule has 9 nitrogen and oxygen atoms in total. The van der Waals surface area contributed by atoms with E-state index in [1.54, 1.807) is 12.1 Å². The molecule has 0 saturated heterocycles. The highest BCUT2D eigenvalue weighted by Crippen LogP contribution is 2.45. The number of methoxy groups -OCH3 is 1. The quantitative estimate of drug-likeness (QED) is 0.215. The Hall–Kier alpha value is -3.21. The number of halogens is 1. The number of aromatic nitrogens is 1. The van der Waals surface area contributed by atoms with Gasteiger partial charge in [-0.1, -0.05) is 37.2 Å². The van der Waals surface area contributed by atoms with Crippen LogP contribution in [-0.2, 0) is 31.4 Å². The van der Waals surface area contributed by atoms with Crippen molar-refractivity contribution >= 4 is 39.1 Å². The second-order valence-corrected chi connectivity index (χ2v) is 15.3. The van der Waals surface area contributed by atoms with E-state index in [1.807, 2.05) is 19.1 Å². The third-order valence-corrected chi connectivity index (χ3v) is 12.2. The summed E-state index contributed by atoms with van der Waals surface area (Å²) in [4.78, 5) is 33.0. The number of hydrogen-bond acceptors (Lipinski definition) is 8. The van der Waals surface area contributed by atoms with Crippen LogP contribution in [0, 0.1) is 17.8 Å². The molecule has 2 unspecified atom stereocenters. The lowest BCUT2D eigenvalue weighted by Crippen LogP contribution is -2.49. The third-order valence-electron chi connectivity index (χ3n) is 9.96. The number of allylic oxidation sites excluding steroid dienone is 2. The number of rotatable bonds is 13. The van der Waals surface area contributed by atoms with E-state index in [4.69, 9.17) is 26.1 Å². The van der Waals surface area contributed by atoms with Crippen LogP contribution in [0.15, 0.2) is 55.6 Å². The smallest absolute Gasteiger partial charge is 0.283 e. The van der Waals surface area contributed by atoms with Crippen LogP contribution in [0.3, 0.4) is 0 Å². The van der Waals surface area contributed by atoms with Gasteiger partial charge in [0.2, 0.25) is 10.0 Å². The topological polar surface area (TPSA) is 115 Å². The highest BCUT2D eigenvalue weighted by atomic mass is 35.5. The lowest BCUT2D eigenvalue weighted by molar-refractivity contribution is -0.122. The highest BCUT2D eigenvalue weighted by Gasteiger charge is 2.44. The monoisotopic (exact) mass is 669 g/mol. The second-order valence-electron chi connectivity index (χ2n) is 13.0. The maximum Gasteiger partial charge on any atom is 0.283 e. The zero-order chi connectivity index (χ0) is 33.1. The number of nitrogens with one attached hydrogen (secondary N) is 1. The van der Waals surface area contributed by atoms with Crippen molar-refractivity contribution in [2.45, 2.75) is 62.5 Å². The van der Waals surface area contributed by atoms with Gasteiger partial charge in [0.15, 0.2) is 17.4 Å². The van der Waals surface area contributed by atoms with Crippen LogP contribution in [0.25, 0.3) is 0 Å². The number of pyridine rings is 1. The van der Waals surface area contributed by atoms with E-state index in [1.165, 1.54) is 30.4 Å². The molecular weight excluding hydrogens is 626 g/mol. The van der Waals surface area contributed by atoms with Crippen molar-refractivity contribution in [3.8, 4) is 5.75 Å². The molecule has 0 radical (unpaired) electrons. The van der Waals surface area contributed by atoms with E-state index in [-0.39, 0.29) is 47.7 Å². The van der Waals surface area contributed by atoms with Gasteiger partial charge < -0.3 is 14.4 Å². The molecule has 46 heavy (non-hydrogen) atoms. The summed E-state index contributed by atoms with van der Waals surface area (Å²) >= 11 is 6.38. The van der Waals surface area contributed by atoms with Crippen LogP contribution in [0.4, 0.5) is 5.82 Å². The molecule has 1 amide bonds. The standard InChI is InChI=1S/C35H44ClN3O6S/c1-5-8-23(3)32(16-18-44-4)46(42,43)38-34(41)29-14-15-31-33(37-29)39(20-25-10-12-27(25)30(40)6-2)21-35(22-45-31)17-7-9-24-19-26(36)11-13-28(24)35/h5-6,11,13-15,19,23,25,27,32H,1-2,7-10,12,16-18,20-22H2,3-4H3,(H,38,41)/t23?,25-,27+,32?,35-/m0/s1. The van der Waals surface area contributed by atoms with Crippen molar-refractivity contribution in [3.05, 3.63) is 77.5 Å². The number of benzene rings is 1. The number of amides is 1. The van der Waals surface area contributed by atoms with Crippen LogP contribution >= 0.6 is 11.6 Å². The van der Waals surface area contributed by atoms with Crippen LogP contribution in [0.5, 0.6) is 5.75 Å². The van der Waals surface area contributed by atoms with Gasteiger partial charge in [0.1, 0.15) is 5.69 Å². The summed E-state index contributed by atoms with van der Waals surface area (Å²) in [5.41, 5.74) is 2.00. The van der Waals surface area contributed by atoms with Gasteiger partial charge in [-0.3, -0.25) is 9.59 Å². The molecular formula is C35H44ClN3O6S. The summed E-state index contributed by atoms with van der Waals surface area (Å²) in [5, 5.41) is -0.158. The molecule has 1 fully saturated rings. The average molecular weight is 670 g/mol. The predicted molar refractivity (Wildman–Crippen MR) is 180 cm³/mol. The van der Waals surface area contributed by atoms with Gasteiger partial charge in [-0.2, -0.15) is 0 Å². The minimum absolute atomic E-state index is 0.0307. The van der Waals surface area contributed by atoms with Crippen molar-refractivity contribution in [1.82, 2.24) is 9.71 Å². The van der Waals surface area contributed by atoms with Crippen molar-refractivity contribution in [2.75, 3.05) is 38.3 Å². The van der Waals surface area contributed by atoms with Crippen LogP contribution in [0.1, 0.15) is 67.1 Å². The van der Waals surface area contributed by atoms with Crippen LogP contribution < -0.4 is 14.4 Å². The molecule has 1 aromatic heterocycles. The Morgan fingerprint density at radius 1 is 1.26 bits per heavy atom.